The summed E-state index contributed by atoms with van der Waals surface area (Å²) in [5.41, 5.74) is 0. The van der Waals surface area contributed by atoms with Crippen LogP contribution in [0.2, 0.25) is 0 Å². The topological polar surface area (TPSA) is 96.2 Å². The molecule has 0 aliphatic carbocycles. The van der Waals surface area contributed by atoms with Crippen molar-refractivity contribution in [3.05, 3.63) is 0 Å². The zero-order valence-electron chi connectivity index (χ0n) is 6.89. The van der Waals surface area contributed by atoms with E-state index in [1.54, 1.807) is 0 Å². The lowest BCUT2D eigenvalue weighted by molar-refractivity contribution is 0.0650. The van der Waals surface area contributed by atoms with Gasteiger partial charge in [-0.05, 0) is 0 Å². The van der Waals surface area contributed by atoms with Gasteiger partial charge in [0.05, 0.1) is 33.5 Å². The van der Waals surface area contributed by atoms with E-state index in [1.807, 2.05) is 0 Å². The summed E-state index contributed by atoms with van der Waals surface area (Å²) < 4.78 is 8.30. The maximum absolute atomic E-state index is 9.15. The number of rotatable bonds is 4. The monoisotopic (exact) mass is 182 g/mol. The van der Waals surface area contributed by atoms with Gasteiger partial charge < -0.3 is 24.8 Å². The molecule has 0 amide bonds. The zero-order chi connectivity index (χ0) is 9.82. The summed E-state index contributed by atoms with van der Waals surface area (Å²) >= 11 is 0. The number of ether oxygens (including phenoxy) is 2. The van der Waals surface area contributed by atoms with Gasteiger partial charge in [0.1, 0.15) is 0 Å². The Labute approximate surface area is 70.3 Å². The minimum atomic E-state index is -1.25. The quantitative estimate of drug-likeness (QED) is 0.393. The first-order chi connectivity index (χ1) is 5.68. The first-order valence-electron chi connectivity index (χ1n) is 3.25. The van der Waals surface area contributed by atoms with Crippen molar-refractivity contribution >= 4 is 6.16 Å². The van der Waals surface area contributed by atoms with Crippen LogP contribution in [0, 0.1) is 0 Å². The third-order valence-electron chi connectivity index (χ3n) is 0.646. The molecule has 6 nitrogen and oxygen atoms in total. The van der Waals surface area contributed by atoms with Gasteiger partial charge in [-0.3, -0.25) is 0 Å². The molecule has 0 radical (unpaired) electrons. The highest BCUT2D eigenvalue weighted by Crippen LogP contribution is 1.68. The molecule has 0 fully saturated rings. The average Bonchev–Trinajstić information content (AvgIpc) is 2.07. The molecule has 0 heterocycles. The van der Waals surface area contributed by atoms with Gasteiger partial charge in [0.15, 0.2) is 0 Å². The smallest absolute Gasteiger partial charge is 0.450 e. The largest absolute Gasteiger partial charge is 0.505 e. The highest BCUT2D eigenvalue weighted by atomic mass is 16.6. The van der Waals surface area contributed by atoms with E-state index >= 15 is 0 Å². The molecule has 0 aromatic rings. The number of hydrogen-bond donors (Lipinski definition) is 3. The Bertz CT molecular complexity index is 90.0. The number of carbonyl (C=O) groups is 1. The molecule has 6 heteroatoms. The van der Waals surface area contributed by atoms with Crippen LogP contribution in [0.3, 0.4) is 0 Å². The van der Waals surface area contributed by atoms with E-state index in [1.165, 1.54) is 0 Å². The van der Waals surface area contributed by atoms with E-state index < -0.39 is 6.16 Å². The van der Waals surface area contributed by atoms with Crippen LogP contribution in [-0.4, -0.2) is 55.0 Å². The predicted molar refractivity (Wildman–Crippen MR) is 40.0 cm³/mol. The molecule has 0 aromatic heterocycles. The molecule has 3 N–H and O–H groups in total. The second-order valence-corrected chi connectivity index (χ2v) is 1.53. The third-order valence-corrected chi connectivity index (χ3v) is 0.646. The van der Waals surface area contributed by atoms with Crippen LogP contribution in [0.4, 0.5) is 4.79 Å². The van der Waals surface area contributed by atoms with E-state index in [0.29, 0.717) is 13.2 Å². The number of aliphatic hydroxyl groups excluding tert-OH is 2. The molecule has 0 saturated heterocycles. The summed E-state index contributed by atoms with van der Waals surface area (Å²) in [6.45, 7) is 0.696. The summed E-state index contributed by atoms with van der Waals surface area (Å²) in [5.74, 6) is 0. The van der Waals surface area contributed by atoms with E-state index in [2.05, 4.69) is 9.47 Å². The lowest BCUT2D eigenvalue weighted by Crippen LogP contribution is -2.03. The van der Waals surface area contributed by atoms with Crippen molar-refractivity contribution in [2.75, 3.05) is 33.5 Å². The summed E-state index contributed by atoms with van der Waals surface area (Å²) in [5, 5.41) is 23.7. The Morgan fingerprint density at radius 1 is 1.25 bits per heavy atom. The van der Waals surface area contributed by atoms with E-state index in [-0.39, 0.29) is 13.2 Å². The van der Waals surface area contributed by atoms with Crippen molar-refractivity contribution in [1.29, 1.82) is 0 Å². The molecule has 12 heavy (non-hydrogen) atoms. The molecule has 0 spiro atoms. The summed E-state index contributed by atoms with van der Waals surface area (Å²) in [4.78, 5) is 9.15. The van der Waals surface area contributed by atoms with Crippen molar-refractivity contribution in [2.24, 2.45) is 0 Å². The van der Waals surface area contributed by atoms with E-state index in [4.69, 9.17) is 20.1 Å². The van der Waals surface area contributed by atoms with Crippen LogP contribution in [-0.2, 0) is 9.47 Å². The van der Waals surface area contributed by atoms with Crippen LogP contribution in [0.1, 0.15) is 0 Å². The minimum Gasteiger partial charge on any atom is -0.450 e. The number of methoxy groups -OCH3 is 1. The fourth-order valence-electron chi connectivity index (χ4n) is 0.231. The summed E-state index contributed by atoms with van der Waals surface area (Å²) in [7, 11) is 1.10. The van der Waals surface area contributed by atoms with Gasteiger partial charge in [0, 0.05) is 0 Å². The molecule has 0 aromatic carbocycles. The maximum atomic E-state index is 9.15. The van der Waals surface area contributed by atoms with Gasteiger partial charge in [-0.25, -0.2) is 4.79 Å². The van der Waals surface area contributed by atoms with Gasteiger partial charge in [-0.2, -0.15) is 0 Å². The molecule has 0 atom stereocenters. The Morgan fingerprint density at radius 3 is 1.75 bits per heavy atom. The Kier molecular flexibility index (Phi) is 14.6. The van der Waals surface area contributed by atoms with Gasteiger partial charge in [0.2, 0.25) is 0 Å². The minimum absolute atomic E-state index is 0.0278. The number of hydrogen-bond acceptors (Lipinski definition) is 5. The molecule has 74 valence electrons. The maximum Gasteiger partial charge on any atom is 0.505 e. The summed E-state index contributed by atoms with van der Waals surface area (Å²) in [6.07, 6.45) is -1.25. The second-order valence-electron chi connectivity index (χ2n) is 1.53. The van der Waals surface area contributed by atoms with Gasteiger partial charge in [0.25, 0.3) is 0 Å². The van der Waals surface area contributed by atoms with Crippen molar-refractivity contribution in [3.8, 4) is 0 Å². The summed E-state index contributed by atoms with van der Waals surface area (Å²) in [6, 6.07) is 0. The van der Waals surface area contributed by atoms with Gasteiger partial charge in [-0.1, -0.05) is 0 Å². The zero-order valence-corrected chi connectivity index (χ0v) is 6.89. The lowest BCUT2D eigenvalue weighted by atomic mass is 10.7. The van der Waals surface area contributed by atoms with E-state index in [0.717, 1.165) is 7.11 Å². The van der Waals surface area contributed by atoms with Crippen molar-refractivity contribution in [1.82, 2.24) is 0 Å². The van der Waals surface area contributed by atoms with Crippen LogP contribution in [0.5, 0.6) is 0 Å². The average molecular weight is 182 g/mol. The van der Waals surface area contributed by atoms with Crippen LogP contribution in [0.15, 0.2) is 0 Å². The molecule has 0 bridgehead atoms. The number of carboxylic acid groups (broad SMARTS) is 1. The van der Waals surface area contributed by atoms with Gasteiger partial charge in [-0.15, -0.1) is 0 Å². The van der Waals surface area contributed by atoms with Crippen molar-refractivity contribution in [2.45, 2.75) is 0 Å². The molecule has 0 unspecified atom stereocenters. The Hall–Kier alpha value is -0.850. The normalized spacial score (nSPS) is 8.25. The molecular weight excluding hydrogens is 168 g/mol. The lowest BCUT2D eigenvalue weighted by Gasteiger charge is -1.94. The number of aliphatic hydroxyl groups is 2. The SMILES string of the molecule is COC(=O)O.OCCOCCO. The highest BCUT2D eigenvalue weighted by Gasteiger charge is 1.81. The fourth-order valence-corrected chi connectivity index (χ4v) is 0.231. The third kappa shape index (κ3) is 22.9. The molecular formula is C6H14O6. The first kappa shape index (κ1) is 13.7. The van der Waals surface area contributed by atoms with Crippen molar-refractivity contribution in [3.63, 3.8) is 0 Å². The van der Waals surface area contributed by atoms with Crippen LogP contribution >= 0.6 is 0 Å². The molecule has 0 aliphatic heterocycles. The highest BCUT2D eigenvalue weighted by molar-refractivity contribution is 5.56. The molecule has 0 saturated carbocycles. The Morgan fingerprint density at radius 2 is 1.58 bits per heavy atom. The van der Waals surface area contributed by atoms with Gasteiger partial charge >= 0.3 is 6.16 Å². The van der Waals surface area contributed by atoms with Crippen LogP contribution < -0.4 is 0 Å². The fraction of sp³-hybridized carbons (Fsp3) is 0.833. The van der Waals surface area contributed by atoms with E-state index in [9.17, 15) is 0 Å². The second kappa shape index (κ2) is 12.8. The predicted octanol–water partition coefficient (Wildman–Crippen LogP) is -0.702. The van der Waals surface area contributed by atoms with Crippen molar-refractivity contribution < 1.29 is 29.6 Å². The first-order valence-corrected chi connectivity index (χ1v) is 3.25. The standard InChI is InChI=1S/C4H10O3.C2H4O3/c5-1-3-7-4-2-6;1-5-2(3)4/h5-6H,1-4H2;1H3,(H,3,4). The molecule has 0 aliphatic rings. The molecule has 0 rings (SSSR count). The Balaban J connectivity index is 0. The van der Waals surface area contributed by atoms with Crippen LogP contribution in [0.25, 0.3) is 0 Å².